The molecule has 4 heteroatoms. The Kier molecular flexibility index (Phi) is 4.55. The summed E-state index contributed by atoms with van der Waals surface area (Å²) in [6.07, 6.45) is 4.15. The Balaban J connectivity index is 2.06. The van der Waals surface area contributed by atoms with E-state index in [4.69, 9.17) is 0 Å². The molecule has 2 heterocycles. The highest BCUT2D eigenvalue weighted by Crippen LogP contribution is 2.22. The first kappa shape index (κ1) is 13.3. The van der Waals surface area contributed by atoms with Crippen LogP contribution in [0.15, 0.2) is 29.8 Å². The van der Waals surface area contributed by atoms with Gasteiger partial charge in [0.15, 0.2) is 0 Å². The summed E-state index contributed by atoms with van der Waals surface area (Å²) in [5.41, 5.74) is 1.16. The van der Waals surface area contributed by atoms with Crippen molar-refractivity contribution < 1.29 is 0 Å². The minimum atomic E-state index is 0.366. The topological polar surface area (TPSA) is 29.9 Å². The zero-order chi connectivity index (χ0) is 13.0. The summed E-state index contributed by atoms with van der Waals surface area (Å²) >= 11 is 1.80. The molecule has 18 heavy (non-hydrogen) atoms. The van der Waals surface area contributed by atoms with Crippen molar-refractivity contribution in [2.24, 2.45) is 0 Å². The highest BCUT2D eigenvalue weighted by atomic mass is 32.1. The number of hydrogen-bond donors (Lipinski definition) is 1. The van der Waals surface area contributed by atoms with E-state index in [9.17, 15) is 0 Å². The maximum absolute atomic E-state index is 4.66. The van der Waals surface area contributed by atoms with E-state index in [2.05, 4.69) is 58.7 Å². The molecule has 0 fully saturated rings. The number of aromatic nitrogens is 2. The molecule has 2 rings (SSSR count). The van der Waals surface area contributed by atoms with Crippen LogP contribution in [0.3, 0.4) is 0 Å². The summed E-state index contributed by atoms with van der Waals surface area (Å²) in [4.78, 5) is 1.37. The van der Waals surface area contributed by atoms with Crippen LogP contribution in [0, 0.1) is 0 Å². The van der Waals surface area contributed by atoms with Gasteiger partial charge in [0.2, 0.25) is 0 Å². The average Bonchev–Trinajstić information content (AvgIpc) is 3.05. The van der Waals surface area contributed by atoms with Crippen LogP contribution < -0.4 is 5.32 Å². The molecule has 1 N–H and O–H groups in total. The van der Waals surface area contributed by atoms with E-state index in [0.717, 1.165) is 18.5 Å². The Morgan fingerprint density at radius 3 is 2.89 bits per heavy atom. The van der Waals surface area contributed by atoms with Crippen molar-refractivity contribution in [3.63, 3.8) is 0 Å². The fourth-order valence-electron chi connectivity index (χ4n) is 1.96. The minimum Gasteiger partial charge on any atom is -0.312 e. The van der Waals surface area contributed by atoms with Crippen molar-refractivity contribution >= 4 is 11.3 Å². The van der Waals surface area contributed by atoms with Crippen LogP contribution in [-0.2, 0) is 6.42 Å². The lowest BCUT2D eigenvalue weighted by atomic mass is 10.1. The number of nitrogens with one attached hydrogen (secondary N) is 1. The molecule has 0 bridgehead atoms. The molecule has 0 aromatic carbocycles. The monoisotopic (exact) mass is 263 g/mol. The van der Waals surface area contributed by atoms with Crippen molar-refractivity contribution in [3.8, 4) is 0 Å². The molecule has 0 aliphatic heterocycles. The third-order valence-corrected chi connectivity index (χ3v) is 4.34. The van der Waals surface area contributed by atoms with E-state index < -0.39 is 0 Å². The molecule has 0 aliphatic rings. The highest BCUT2D eigenvalue weighted by Gasteiger charge is 2.13. The molecule has 2 atom stereocenters. The van der Waals surface area contributed by atoms with Crippen LogP contribution in [0.2, 0.25) is 0 Å². The first-order valence-corrected chi connectivity index (χ1v) is 7.37. The molecular formula is C14H21N3S. The number of nitrogens with zero attached hydrogens (tertiary/aromatic N) is 2. The number of likely N-dealkylation sites (N-methyl/N-ethyl adjacent to an activating group) is 1. The smallest absolute Gasteiger partial charge is 0.0644 e. The summed E-state index contributed by atoms with van der Waals surface area (Å²) in [6, 6.07) is 7.25. The maximum atomic E-state index is 4.66. The van der Waals surface area contributed by atoms with Gasteiger partial charge >= 0.3 is 0 Å². The van der Waals surface area contributed by atoms with Gasteiger partial charge in [-0.2, -0.15) is 5.10 Å². The first-order valence-electron chi connectivity index (χ1n) is 6.49. The second-order valence-corrected chi connectivity index (χ2v) is 5.58. The molecule has 2 aromatic heterocycles. The Hall–Kier alpha value is -1.13. The molecule has 0 saturated carbocycles. The van der Waals surface area contributed by atoms with Gasteiger partial charge < -0.3 is 5.32 Å². The minimum absolute atomic E-state index is 0.366. The van der Waals surface area contributed by atoms with Gasteiger partial charge in [-0.15, -0.1) is 11.3 Å². The van der Waals surface area contributed by atoms with Crippen molar-refractivity contribution in [2.75, 3.05) is 7.05 Å². The number of rotatable bonds is 6. The largest absolute Gasteiger partial charge is 0.312 e. The molecule has 98 valence electrons. The molecule has 0 aliphatic carbocycles. The third kappa shape index (κ3) is 3.00. The van der Waals surface area contributed by atoms with E-state index >= 15 is 0 Å². The number of hydrogen-bond acceptors (Lipinski definition) is 3. The average molecular weight is 263 g/mol. The fraction of sp³-hybridized carbons (Fsp3) is 0.500. The van der Waals surface area contributed by atoms with E-state index in [1.54, 1.807) is 11.3 Å². The Morgan fingerprint density at radius 1 is 1.44 bits per heavy atom. The summed E-state index contributed by atoms with van der Waals surface area (Å²) in [5.74, 6) is 0. The Morgan fingerprint density at radius 2 is 2.28 bits per heavy atom. The molecule has 0 saturated heterocycles. The number of thiophene rings is 1. The lowest BCUT2D eigenvalue weighted by Gasteiger charge is -2.13. The quantitative estimate of drug-likeness (QED) is 0.865. The van der Waals surface area contributed by atoms with Crippen molar-refractivity contribution in [1.82, 2.24) is 15.1 Å². The molecule has 0 spiro atoms. The van der Waals surface area contributed by atoms with Crippen molar-refractivity contribution in [3.05, 3.63) is 40.3 Å². The molecular weight excluding hydrogens is 242 g/mol. The zero-order valence-corrected chi connectivity index (χ0v) is 12.1. The van der Waals surface area contributed by atoms with E-state index in [1.807, 2.05) is 7.05 Å². The lowest BCUT2D eigenvalue weighted by Crippen LogP contribution is -2.18. The SMILES string of the molecule is CCC(C)n1ccc(CC(NC)c2cccs2)n1. The summed E-state index contributed by atoms with van der Waals surface area (Å²) in [6.45, 7) is 4.39. The second-order valence-electron chi connectivity index (χ2n) is 4.61. The van der Waals surface area contributed by atoms with Crippen LogP contribution >= 0.6 is 11.3 Å². The van der Waals surface area contributed by atoms with E-state index in [0.29, 0.717) is 12.1 Å². The Labute approximate surface area is 113 Å². The van der Waals surface area contributed by atoms with Gasteiger partial charge in [0.1, 0.15) is 0 Å². The van der Waals surface area contributed by atoms with Gasteiger partial charge in [-0.25, -0.2) is 0 Å². The van der Waals surface area contributed by atoms with Gasteiger partial charge in [-0.05, 0) is 37.9 Å². The van der Waals surface area contributed by atoms with Crippen LogP contribution in [-0.4, -0.2) is 16.8 Å². The fourth-order valence-corrected chi connectivity index (χ4v) is 2.80. The van der Waals surface area contributed by atoms with Crippen LogP contribution in [0.5, 0.6) is 0 Å². The molecule has 0 amide bonds. The summed E-state index contributed by atoms with van der Waals surface area (Å²) < 4.78 is 2.07. The first-order chi connectivity index (χ1) is 8.74. The molecule has 2 aromatic rings. The van der Waals surface area contributed by atoms with Gasteiger partial charge in [-0.1, -0.05) is 13.0 Å². The van der Waals surface area contributed by atoms with Gasteiger partial charge in [0.05, 0.1) is 5.69 Å². The van der Waals surface area contributed by atoms with Crippen LogP contribution in [0.4, 0.5) is 0 Å². The van der Waals surface area contributed by atoms with Gasteiger partial charge in [-0.3, -0.25) is 4.68 Å². The molecule has 2 unspecified atom stereocenters. The van der Waals surface area contributed by atoms with E-state index in [-0.39, 0.29) is 0 Å². The maximum Gasteiger partial charge on any atom is 0.0644 e. The normalized spacial score (nSPS) is 14.6. The highest BCUT2D eigenvalue weighted by molar-refractivity contribution is 7.10. The standard InChI is InChI=1S/C14H21N3S/c1-4-11(2)17-8-7-12(16-17)10-13(15-3)14-6-5-9-18-14/h5-9,11,13,15H,4,10H2,1-3H3. The summed E-state index contributed by atoms with van der Waals surface area (Å²) in [7, 11) is 2.01. The lowest BCUT2D eigenvalue weighted by molar-refractivity contribution is 0.469. The van der Waals surface area contributed by atoms with Gasteiger partial charge in [0, 0.05) is 29.6 Å². The molecule has 3 nitrogen and oxygen atoms in total. The van der Waals surface area contributed by atoms with Gasteiger partial charge in [0.25, 0.3) is 0 Å². The zero-order valence-electron chi connectivity index (χ0n) is 11.3. The Bertz CT molecular complexity index is 461. The summed E-state index contributed by atoms with van der Waals surface area (Å²) in [5, 5.41) is 10.1. The predicted octanol–water partition coefficient (Wildman–Crippen LogP) is 3.42. The third-order valence-electron chi connectivity index (χ3n) is 3.35. The predicted molar refractivity (Wildman–Crippen MR) is 77.1 cm³/mol. The van der Waals surface area contributed by atoms with Crippen molar-refractivity contribution in [2.45, 2.75) is 38.8 Å². The molecule has 0 radical (unpaired) electrons. The van der Waals surface area contributed by atoms with Crippen LogP contribution in [0.1, 0.15) is 42.9 Å². The van der Waals surface area contributed by atoms with Crippen molar-refractivity contribution in [1.29, 1.82) is 0 Å². The second kappa shape index (κ2) is 6.16. The van der Waals surface area contributed by atoms with E-state index in [1.165, 1.54) is 4.88 Å². The van der Waals surface area contributed by atoms with Crippen LogP contribution in [0.25, 0.3) is 0 Å².